The van der Waals surface area contributed by atoms with E-state index in [9.17, 15) is 14.2 Å². The van der Waals surface area contributed by atoms with Crippen LogP contribution in [0.2, 0.25) is 5.02 Å². The van der Waals surface area contributed by atoms with Crippen LogP contribution in [-0.2, 0) is 4.57 Å². The van der Waals surface area contributed by atoms with Gasteiger partial charge in [-0.15, -0.1) is 0 Å². The van der Waals surface area contributed by atoms with Crippen molar-refractivity contribution in [1.29, 1.82) is 0 Å². The van der Waals surface area contributed by atoms with Gasteiger partial charge < -0.3 is 14.4 Å². The number of nitrogens with zero attached hydrogens (tertiary/aromatic N) is 1. The van der Waals surface area contributed by atoms with Crippen LogP contribution < -0.4 is 19.8 Å². The summed E-state index contributed by atoms with van der Waals surface area (Å²) in [5.41, 5.74) is 4.54. The van der Waals surface area contributed by atoms with Crippen LogP contribution in [0.4, 0.5) is 4.79 Å². The Morgan fingerprint density at radius 3 is 1.74 bits per heavy atom. The largest absolute Gasteiger partial charge is 0.457 e. The number of carbonyl (C=O) groups is 2. The van der Waals surface area contributed by atoms with Crippen LogP contribution in [0.1, 0.15) is 53.6 Å². The zero-order valence-electron chi connectivity index (χ0n) is 24.7. The Bertz CT molecular complexity index is 1540. The van der Waals surface area contributed by atoms with E-state index >= 15 is 0 Å². The van der Waals surface area contributed by atoms with Crippen molar-refractivity contribution in [3.8, 4) is 11.5 Å². The van der Waals surface area contributed by atoms with Crippen molar-refractivity contribution in [3.05, 3.63) is 130 Å². The highest BCUT2D eigenvalue weighted by Crippen LogP contribution is 2.59. The molecule has 2 N–H and O–H groups in total. The number of nitrogens with one attached hydrogen (secondary N) is 2. The normalized spacial score (nSPS) is 12.1. The van der Waals surface area contributed by atoms with Gasteiger partial charge in [0.2, 0.25) is 0 Å². The number of aryl methyl sites for hydroxylation is 2. The van der Waals surface area contributed by atoms with Gasteiger partial charge in [0.05, 0.1) is 5.54 Å². The molecule has 0 saturated heterocycles. The highest BCUT2D eigenvalue weighted by Gasteiger charge is 2.43. The molecule has 0 spiro atoms. The van der Waals surface area contributed by atoms with Crippen molar-refractivity contribution >= 4 is 31.1 Å². The fourth-order valence-corrected chi connectivity index (χ4v) is 6.40. The monoisotopic (exact) mass is 619 g/mol. The lowest BCUT2D eigenvalue weighted by Crippen LogP contribution is -2.58. The Labute approximate surface area is 257 Å². The van der Waals surface area contributed by atoms with Gasteiger partial charge in [-0.25, -0.2) is 19.8 Å². The molecule has 4 rings (SSSR count). The fraction of sp³-hybridized carbons (Fsp3) is 0.212. The third kappa shape index (κ3) is 8.40. The molecule has 0 heterocycles. The summed E-state index contributed by atoms with van der Waals surface area (Å²) in [7, 11) is -4.26. The van der Waals surface area contributed by atoms with Crippen LogP contribution in [0.15, 0.2) is 103 Å². The molecule has 0 aromatic heterocycles. The van der Waals surface area contributed by atoms with Gasteiger partial charge in [0.1, 0.15) is 11.5 Å². The first kappa shape index (κ1) is 31.7. The molecule has 43 heavy (non-hydrogen) atoms. The first-order chi connectivity index (χ1) is 20.3. The number of hydrogen-bond donors (Lipinski definition) is 2. The quantitative estimate of drug-likeness (QED) is 0.152. The molecule has 0 fully saturated rings. The van der Waals surface area contributed by atoms with Crippen molar-refractivity contribution in [2.24, 2.45) is 0 Å². The third-order valence-electron chi connectivity index (χ3n) is 6.28. The number of benzene rings is 4. The number of halogens is 1. The number of hydrogen-bond acceptors (Lipinski definition) is 5. The lowest BCUT2D eigenvalue weighted by atomic mass is 10.0. The molecule has 0 aliphatic heterocycles. The van der Waals surface area contributed by atoms with Crippen molar-refractivity contribution in [2.75, 3.05) is 0 Å². The molecule has 0 saturated carbocycles. The second-order valence-corrected chi connectivity index (χ2v) is 13.5. The molecule has 224 valence electrons. The first-order valence-electron chi connectivity index (χ1n) is 13.7. The van der Waals surface area contributed by atoms with E-state index in [1.165, 1.54) is 5.01 Å². The zero-order valence-corrected chi connectivity index (χ0v) is 26.4. The Balaban J connectivity index is 1.72. The van der Waals surface area contributed by atoms with Crippen LogP contribution in [0.5, 0.6) is 11.5 Å². The van der Waals surface area contributed by atoms with Crippen LogP contribution in [0, 0.1) is 13.8 Å². The summed E-state index contributed by atoms with van der Waals surface area (Å²) in [5.74, 6) is -1.14. The molecule has 4 aromatic rings. The summed E-state index contributed by atoms with van der Waals surface area (Å²) in [4.78, 5) is 27.4. The summed E-state index contributed by atoms with van der Waals surface area (Å²) in [6.07, 6.45) is 0. The van der Waals surface area contributed by atoms with E-state index in [1.807, 2.05) is 19.9 Å². The van der Waals surface area contributed by atoms with Crippen LogP contribution >= 0.6 is 19.2 Å². The van der Waals surface area contributed by atoms with E-state index < -0.39 is 30.9 Å². The zero-order chi connectivity index (χ0) is 31.2. The van der Waals surface area contributed by atoms with Crippen LogP contribution in [0.25, 0.3) is 0 Å². The maximum atomic E-state index is 14.8. The predicted molar refractivity (Wildman–Crippen MR) is 169 cm³/mol. The maximum absolute atomic E-state index is 14.8. The standard InChI is InChI=1S/C33H35ClN3O5P/c1-23-20-24(2)22-26(21-23)31(38)37(33(3,4)5)36-32(39)35-30(25-16-18-27(34)19-17-25)43(40,41-28-12-8-6-9-13-28)42-29-14-10-7-11-15-29/h6-22,30H,1-5H3,(H2,35,36,39). The fourth-order valence-electron chi connectivity index (χ4n) is 4.38. The molecule has 0 radical (unpaired) electrons. The molecule has 8 nitrogen and oxygen atoms in total. The molecule has 4 aromatic carbocycles. The average molecular weight is 620 g/mol. The van der Waals surface area contributed by atoms with Crippen LogP contribution in [-0.4, -0.2) is 22.5 Å². The predicted octanol–water partition coefficient (Wildman–Crippen LogP) is 8.46. The first-order valence-corrected chi connectivity index (χ1v) is 15.7. The number of para-hydroxylation sites is 2. The highest BCUT2D eigenvalue weighted by atomic mass is 35.5. The number of amides is 3. The SMILES string of the molecule is Cc1cc(C)cc(C(=O)N(NC(=O)NC(c2ccc(Cl)cc2)P(=O)(Oc2ccccc2)Oc2ccccc2)C(C)(C)C)c1. The van der Waals surface area contributed by atoms with Crippen molar-refractivity contribution < 1.29 is 23.2 Å². The van der Waals surface area contributed by atoms with E-state index in [4.69, 9.17) is 20.6 Å². The lowest BCUT2D eigenvalue weighted by molar-refractivity contribution is 0.0449. The van der Waals surface area contributed by atoms with E-state index in [0.717, 1.165) is 11.1 Å². The summed E-state index contributed by atoms with van der Waals surface area (Å²) in [6, 6.07) is 28.3. The maximum Gasteiger partial charge on any atom is 0.457 e. The summed E-state index contributed by atoms with van der Waals surface area (Å²) in [5, 5.41) is 4.46. The topological polar surface area (TPSA) is 97.0 Å². The van der Waals surface area contributed by atoms with E-state index in [-0.39, 0.29) is 11.5 Å². The minimum absolute atomic E-state index is 0.282. The van der Waals surface area contributed by atoms with Crippen LogP contribution in [0.3, 0.4) is 0 Å². The molecule has 10 heteroatoms. The van der Waals surface area contributed by atoms with Gasteiger partial charge in [0, 0.05) is 10.6 Å². The van der Waals surface area contributed by atoms with Gasteiger partial charge in [-0.2, -0.15) is 0 Å². The Morgan fingerprint density at radius 2 is 1.28 bits per heavy atom. The number of urea groups is 1. The van der Waals surface area contributed by atoms with Crippen molar-refractivity contribution in [3.63, 3.8) is 0 Å². The molecular weight excluding hydrogens is 585 g/mol. The van der Waals surface area contributed by atoms with Crippen molar-refractivity contribution in [2.45, 2.75) is 45.9 Å². The Kier molecular flexibility index (Phi) is 9.84. The minimum atomic E-state index is -4.26. The molecule has 1 unspecified atom stereocenters. The number of hydrazine groups is 1. The second kappa shape index (κ2) is 13.4. The second-order valence-electron chi connectivity index (χ2n) is 11.1. The lowest BCUT2D eigenvalue weighted by Gasteiger charge is -2.36. The summed E-state index contributed by atoms with van der Waals surface area (Å²) < 4.78 is 26.9. The number of carbonyl (C=O) groups excluding carboxylic acids is 2. The Hall–Kier alpha value is -4.26. The van der Waals surface area contributed by atoms with Gasteiger partial charge in [-0.1, -0.05) is 77.3 Å². The van der Waals surface area contributed by atoms with Gasteiger partial charge >= 0.3 is 13.6 Å². The van der Waals surface area contributed by atoms with Crippen molar-refractivity contribution in [1.82, 2.24) is 15.8 Å². The van der Waals surface area contributed by atoms with Gasteiger partial charge in [0.25, 0.3) is 5.91 Å². The molecule has 3 amide bonds. The third-order valence-corrected chi connectivity index (χ3v) is 8.52. The average Bonchev–Trinajstić information content (AvgIpc) is 2.95. The molecule has 0 aliphatic carbocycles. The van der Waals surface area contributed by atoms with E-state index in [1.54, 1.807) is 118 Å². The van der Waals surface area contributed by atoms with Gasteiger partial charge in [0.15, 0.2) is 5.78 Å². The minimum Gasteiger partial charge on any atom is -0.414 e. The van der Waals surface area contributed by atoms with E-state index in [2.05, 4.69) is 10.7 Å². The number of rotatable bonds is 8. The highest BCUT2D eigenvalue weighted by molar-refractivity contribution is 7.55. The summed E-state index contributed by atoms with van der Waals surface area (Å²) in [6.45, 7) is 9.20. The van der Waals surface area contributed by atoms with E-state index in [0.29, 0.717) is 16.1 Å². The molecule has 1 atom stereocenters. The molecule has 0 bridgehead atoms. The van der Waals surface area contributed by atoms with Gasteiger partial charge in [-0.05, 0) is 88.7 Å². The molecular formula is C33H35ClN3O5P. The summed E-state index contributed by atoms with van der Waals surface area (Å²) >= 11 is 6.15. The molecule has 0 aliphatic rings. The Morgan fingerprint density at radius 1 is 0.791 bits per heavy atom. The smallest absolute Gasteiger partial charge is 0.414 e. The van der Waals surface area contributed by atoms with Gasteiger partial charge in [-0.3, -0.25) is 4.79 Å².